The lowest BCUT2D eigenvalue weighted by atomic mass is 9.96. The van der Waals surface area contributed by atoms with E-state index in [0.29, 0.717) is 52.6 Å². The number of unbranched alkanes of at least 4 members (excludes halogenated alkanes) is 1. The Bertz CT molecular complexity index is 473. The number of hydrogen-bond donors (Lipinski definition) is 2. The summed E-state index contributed by atoms with van der Waals surface area (Å²) < 4.78 is 21.0. The van der Waals surface area contributed by atoms with Crippen LogP contribution in [0.3, 0.4) is 0 Å². The predicted molar refractivity (Wildman–Crippen MR) is 106 cm³/mol. The number of azide groups is 1. The summed E-state index contributed by atoms with van der Waals surface area (Å²) in [5, 5.41) is 15.6. The number of carboxylic acids is 1. The largest absolute Gasteiger partial charge is 0.481 e. The van der Waals surface area contributed by atoms with E-state index in [1.165, 1.54) is 0 Å². The standard InChI is InChI=1S/C18H34N4O7/c1-20-5-3-2-4-16(18(24)25)14-17(23)15-29-13-12-28-11-10-27-9-8-26-7-6-21-22-19/h16,20H,2-15H2,1H3,(H,24,25)/t16-/m1/s1. The molecule has 0 radical (unpaired) electrons. The maximum absolute atomic E-state index is 11.9. The third kappa shape index (κ3) is 19.3. The van der Waals surface area contributed by atoms with E-state index < -0.39 is 11.9 Å². The van der Waals surface area contributed by atoms with Crippen LogP contribution >= 0.6 is 0 Å². The van der Waals surface area contributed by atoms with Gasteiger partial charge in [-0.15, -0.1) is 0 Å². The highest BCUT2D eigenvalue weighted by molar-refractivity contribution is 5.84. The molecule has 1 atom stereocenters. The fourth-order valence-electron chi connectivity index (χ4n) is 2.33. The first-order chi connectivity index (χ1) is 14.1. The lowest BCUT2D eigenvalue weighted by molar-refractivity contribution is -0.144. The minimum absolute atomic E-state index is 0.00544. The molecular weight excluding hydrogens is 384 g/mol. The second-order valence-electron chi connectivity index (χ2n) is 6.22. The molecule has 0 aliphatic rings. The van der Waals surface area contributed by atoms with Gasteiger partial charge in [0, 0.05) is 17.9 Å². The van der Waals surface area contributed by atoms with Crippen molar-refractivity contribution in [3.63, 3.8) is 0 Å². The molecule has 0 unspecified atom stereocenters. The third-order valence-electron chi connectivity index (χ3n) is 3.83. The molecule has 168 valence electrons. The Hall–Kier alpha value is -1.75. The zero-order valence-electron chi connectivity index (χ0n) is 17.2. The highest BCUT2D eigenvalue weighted by atomic mass is 16.6. The third-order valence-corrected chi connectivity index (χ3v) is 3.83. The van der Waals surface area contributed by atoms with E-state index in [9.17, 15) is 14.7 Å². The molecule has 0 aromatic carbocycles. The molecule has 2 N–H and O–H groups in total. The topological polar surface area (TPSA) is 152 Å². The number of hydrogen-bond acceptors (Lipinski definition) is 8. The van der Waals surface area contributed by atoms with Crippen molar-refractivity contribution >= 4 is 11.8 Å². The molecule has 0 bridgehead atoms. The molecule has 29 heavy (non-hydrogen) atoms. The molecule has 0 saturated carbocycles. The van der Waals surface area contributed by atoms with Crippen LogP contribution in [0.4, 0.5) is 0 Å². The molecule has 0 aromatic rings. The van der Waals surface area contributed by atoms with Crippen LogP contribution in [-0.2, 0) is 28.5 Å². The quantitative estimate of drug-likeness (QED) is 0.116. The van der Waals surface area contributed by atoms with E-state index >= 15 is 0 Å². The highest BCUT2D eigenvalue weighted by Gasteiger charge is 2.20. The van der Waals surface area contributed by atoms with E-state index in [1.54, 1.807) is 0 Å². The molecular formula is C18H34N4O7. The van der Waals surface area contributed by atoms with Gasteiger partial charge < -0.3 is 29.4 Å². The van der Waals surface area contributed by atoms with Gasteiger partial charge >= 0.3 is 5.97 Å². The molecule has 0 spiro atoms. The average Bonchev–Trinajstić information content (AvgIpc) is 2.70. The van der Waals surface area contributed by atoms with Crippen molar-refractivity contribution in [3.8, 4) is 0 Å². The van der Waals surface area contributed by atoms with E-state index in [2.05, 4.69) is 15.3 Å². The van der Waals surface area contributed by atoms with Gasteiger partial charge in [-0.2, -0.15) is 0 Å². The second-order valence-corrected chi connectivity index (χ2v) is 6.22. The van der Waals surface area contributed by atoms with Gasteiger partial charge in [0.2, 0.25) is 0 Å². The number of rotatable bonds is 22. The van der Waals surface area contributed by atoms with Gasteiger partial charge in [0.05, 0.1) is 52.2 Å². The summed E-state index contributed by atoms with van der Waals surface area (Å²) in [5.41, 5.74) is 8.08. The van der Waals surface area contributed by atoms with E-state index in [1.807, 2.05) is 7.05 Å². The van der Waals surface area contributed by atoms with Crippen LogP contribution in [0, 0.1) is 5.92 Å². The fraction of sp³-hybridized carbons (Fsp3) is 0.889. The number of ketones is 1. The molecule has 0 rings (SSSR count). The van der Waals surface area contributed by atoms with Crippen LogP contribution in [0.2, 0.25) is 0 Å². The first-order valence-electron chi connectivity index (χ1n) is 9.82. The normalized spacial score (nSPS) is 11.8. The molecule has 0 amide bonds. The summed E-state index contributed by atoms with van der Waals surface area (Å²) in [6.45, 7) is 3.62. The van der Waals surface area contributed by atoms with Crippen molar-refractivity contribution in [2.24, 2.45) is 11.0 Å². The van der Waals surface area contributed by atoms with Gasteiger partial charge in [0.1, 0.15) is 6.61 Å². The smallest absolute Gasteiger partial charge is 0.306 e. The predicted octanol–water partition coefficient (Wildman–Crippen LogP) is 1.41. The molecule has 0 aliphatic heterocycles. The van der Waals surface area contributed by atoms with Gasteiger partial charge in [-0.3, -0.25) is 9.59 Å². The molecule has 0 fully saturated rings. The van der Waals surface area contributed by atoms with Crippen LogP contribution in [0.15, 0.2) is 5.11 Å². The minimum Gasteiger partial charge on any atom is -0.481 e. The summed E-state index contributed by atoms with van der Waals surface area (Å²) in [7, 11) is 1.85. The van der Waals surface area contributed by atoms with E-state index in [-0.39, 0.29) is 25.4 Å². The minimum atomic E-state index is -0.938. The van der Waals surface area contributed by atoms with Crippen LogP contribution < -0.4 is 5.32 Å². The van der Waals surface area contributed by atoms with Crippen LogP contribution in [0.25, 0.3) is 10.4 Å². The van der Waals surface area contributed by atoms with Crippen molar-refractivity contribution < 1.29 is 33.6 Å². The van der Waals surface area contributed by atoms with Crippen molar-refractivity contribution in [2.75, 3.05) is 73.0 Å². The van der Waals surface area contributed by atoms with Gasteiger partial charge in [-0.05, 0) is 32.0 Å². The fourth-order valence-corrected chi connectivity index (χ4v) is 2.33. The maximum Gasteiger partial charge on any atom is 0.306 e. The van der Waals surface area contributed by atoms with Gasteiger partial charge in [-0.25, -0.2) is 0 Å². The number of aliphatic carboxylic acids is 1. The van der Waals surface area contributed by atoms with Crippen LogP contribution in [0.1, 0.15) is 25.7 Å². The Morgan fingerprint density at radius 2 is 1.59 bits per heavy atom. The zero-order chi connectivity index (χ0) is 21.6. The highest BCUT2D eigenvalue weighted by Crippen LogP contribution is 2.13. The number of carbonyl (C=O) groups is 2. The SMILES string of the molecule is CNCCCC[C@H](CC(=O)COCCOCCOCCOCCN=[N+]=[N-])C(=O)O. The molecule has 11 nitrogen and oxygen atoms in total. The monoisotopic (exact) mass is 418 g/mol. The average molecular weight is 418 g/mol. The number of carbonyl (C=O) groups excluding carboxylic acids is 1. The lowest BCUT2D eigenvalue weighted by Crippen LogP contribution is -2.22. The number of nitrogens with one attached hydrogen (secondary N) is 1. The number of nitrogens with zero attached hydrogens (tertiary/aromatic N) is 3. The van der Waals surface area contributed by atoms with Crippen molar-refractivity contribution in [2.45, 2.75) is 25.7 Å². The first kappa shape index (κ1) is 27.2. The number of Topliss-reactive ketones (excluding diaryl/α,β-unsaturated/α-hetero) is 1. The zero-order valence-corrected chi connectivity index (χ0v) is 17.2. The van der Waals surface area contributed by atoms with E-state index in [0.717, 1.165) is 19.4 Å². The molecule has 0 heterocycles. The van der Waals surface area contributed by atoms with Crippen molar-refractivity contribution in [1.29, 1.82) is 0 Å². The Kier molecular flexibility index (Phi) is 19.7. The summed E-state index contributed by atoms with van der Waals surface area (Å²) in [6.07, 6.45) is 2.14. The van der Waals surface area contributed by atoms with Crippen molar-refractivity contribution in [3.05, 3.63) is 10.4 Å². The first-order valence-corrected chi connectivity index (χ1v) is 9.82. The van der Waals surface area contributed by atoms with Gasteiger partial charge in [0.15, 0.2) is 5.78 Å². The van der Waals surface area contributed by atoms with Crippen LogP contribution in [0.5, 0.6) is 0 Å². The van der Waals surface area contributed by atoms with Gasteiger partial charge in [0.25, 0.3) is 0 Å². The molecule has 0 aromatic heterocycles. The molecule has 11 heteroatoms. The lowest BCUT2D eigenvalue weighted by Gasteiger charge is -2.12. The van der Waals surface area contributed by atoms with Crippen LogP contribution in [-0.4, -0.2) is 89.9 Å². The Morgan fingerprint density at radius 3 is 2.14 bits per heavy atom. The van der Waals surface area contributed by atoms with Crippen molar-refractivity contribution in [1.82, 2.24) is 5.32 Å². The number of carboxylic acid groups (broad SMARTS) is 1. The molecule has 0 aliphatic carbocycles. The summed E-state index contributed by atoms with van der Waals surface area (Å²) in [5.74, 6) is -1.80. The Labute approximate surface area is 171 Å². The second kappa shape index (κ2) is 21.0. The summed E-state index contributed by atoms with van der Waals surface area (Å²) >= 11 is 0. The van der Waals surface area contributed by atoms with Gasteiger partial charge in [-0.1, -0.05) is 11.5 Å². The summed E-state index contributed by atoms with van der Waals surface area (Å²) in [4.78, 5) is 25.7. The summed E-state index contributed by atoms with van der Waals surface area (Å²) in [6, 6.07) is 0. The number of ether oxygens (including phenoxy) is 4. The Morgan fingerprint density at radius 1 is 1.00 bits per heavy atom. The van der Waals surface area contributed by atoms with E-state index in [4.69, 9.17) is 24.5 Å². The Balaban J connectivity index is 3.51. The molecule has 0 saturated heterocycles. The maximum atomic E-state index is 11.9.